The summed E-state index contributed by atoms with van der Waals surface area (Å²) in [4.78, 5) is 0. The number of rotatable bonds is 6. The van der Waals surface area contributed by atoms with Crippen molar-refractivity contribution in [2.45, 2.75) is 60.0 Å². The van der Waals surface area contributed by atoms with Crippen molar-refractivity contribution in [2.24, 2.45) is 5.41 Å². The highest BCUT2D eigenvalue weighted by Gasteiger charge is 2.23. The Hall–Kier alpha value is -0.0400. The number of hydrogen-bond acceptors (Lipinski definition) is 1. The normalized spacial score (nSPS) is 14.8. The zero-order valence-corrected chi connectivity index (χ0v) is 9.31. The summed E-state index contributed by atoms with van der Waals surface area (Å²) in [6.07, 6.45) is 3.97. The molecule has 0 aliphatic carbocycles. The summed E-state index contributed by atoms with van der Waals surface area (Å²) < 4.78 is 5.74. The molecule has 0 saturated carbocycles. The summed E-state index contributed by atoms with van der Waals surface area (Å²) in [5, 5.41) is 0. The van der Waals surface area contributed by atoms with E-state index in [1.54, 1.807) is 0 Å². The predicted octanol–water partition coefficient (Wildman–Crippen LogP) is 3.63. The van der Waals surface area contributed by atoms with Crippen molar-refractivity contribution in [1.82, 2.24) is 0 Å². The fraction of sp³-hybridized carbons (Fsp3) is 1.00. The fourth-order valence-corrected chi connectivity index (χ4v) is 0.917. The van der Waals surface area contributed by atoms with Gasteiger partial charge in [0.1, 0.15) is 0 Å². The topological polar surface area (TPSA) is 9.23 Å². The molecule has 1 atom stereocenters. The lowest BCUT2D eigenvalue weighted by Crippen LogP contribution is -2.28. The molecule has 0 spiro atoms. The van der Waals surface area contributed by atoms with E-state index in [1.807, 2.05) is 0 Å². The van der Waals surface area contributed by atoms with Crippen LogP contribution in [0.5, 0.6) is 0 Å². The van der Waals surface area contributed by atoms with Crippen LogP contribution in [0, 0.1) is 5.41 Å². The van der Waals surface area contributed by atoms with Gasteiger partial charge in [0.15, 0.2) is 0 Å². The van der Waals surface area contributed by atoms with Gasteiger partial charge in [0.2, 0.25) is 0 Å². The molecule has 0 aromatic carbocycles. The van der Waals surface area contributed by atoms with Gasteiger partial charge >= 0.3 is 0 Å². The van der Waals surface area contributed by atoms with Crippen LogP contribution in [0.3, 0.4) is 0 Å². The van der Waals surface area contributed by atoms with E-state index in [1.165, 1.54) is 19.3 Å². The first-order valence-corrected chi connectivity index (χ1v) is 5.16. The average Bonchev–Trinajstić information content (AvgIpc) is 2.05. The van der Waals surface area contributed by atoms with Gasteiger partial charge in [-0.3, -0.25) is 0 Å². The van der Waals surface area contributed by atoms with Crippen LogP contribution in [-0.4, -0.2) is 12.7 Å². The molecule has 1 nitrogen and oxygen atoms in total. The minimum absolute atomic E-state index is 0.327. The molecule has 0 aliphatic rings. The second-order valence-electron chi connectivity index (χ2n) is 4.21. The van der Waals surface area contributed by atoms with Gasteiger partial charge in [0.05, 0.1) is 6.10 Å². The van der Waals surface area contributed by atoms with E-state index >= 15 is 0 Å². The second kappa shape index (κ2) is 5.58. The molecule has 0 saturated heterocycles. The highest BCUT2D eigenvalue weighted by atomic mass is 16.5. The Morgan fingerprint density at radius 1 is 1.25 bits per heavy atom. The van der Waals surface area contributed by atoms with Gasteiger partial charge in [-0.1, -0.05) is 34.1 Å². The summed E-state index contributed by atoms with van der Waals surface area (Å²) >= 11 is 0. The van der Waals surface area contributed by atoms with E-state index in [2.05, 4.69) is 34.6 Å². The van der Waals surface area contributed by atoms with E-state index in [9.17, 15) is 0 Å². The minimum Gasteiger partial charge on any atom is -0.378 e. The van der Waals surface area contributed by atoms with E-state index < -0.39 is 0 Å². The molecule has 0 amide bonds. The molecular weight excluding hydrogens is 148 g/mol. The Labute approximate surface area is 77.5 Å². The maximum atomic E-state index is 5.74. The van der Waals surface area contributed by atoms with Crippen molar-refractivity contribution < 1.29 is 4.74 Å². The molecule has 1 heteroatoms. The first kappa shape index (κ1) is 12.0. The molecule has 0 heterocycles. The molecule has 0 aromatic rings. The molecular formula is C11H24O. The van der Waals surface area contributed by atoms with E-state index in [0.717, 1.165) is 6.61 Å². The van der Waals surface area contributed by atoms with Crippen LogP contribution in [0.4, 0.5) is 0 Å². The highest BCUT2D eigenvalue weighted by molar-refractivity contribution is 4.73. The third kappa shape index (κ3) is 4.10. The molecule has 0 fully saturated rings. The number of unbranched alkanes of at least 4 members (excludes halogenated alkanes) is 1. The summed E-state index contributed by atoms with van der Waals surface area (Å²) in [7, 11) is 0. The Morgan fingerprint density at radius 3 is 2.25 bits per heavy atom. The molecule has 0 N–H and O–H groups in total. The van der Waals surface area contributed by atoms with Crippen LogP contribution in [0.15, 0.2) is 0 Å². The van der Waals surface area contributed by atoms with E-state index in [0.29, 0.717) is 11.5 Å². The molecule has 0 rings (SSSR count). The second-order valence-corrected chi connectivity index (χ2v) is 4.21. The van der Waals surface area contributed by atoms with Crippen molar-refractivity contribution in [3.63, 3.8) is 0 Å². The van der Waals surface area contributed by atoms with Crippen LogP contribution >= 0.6 is 0 Å². The van der Waals surface area contributed by atoms with Gasteiger partial charge in [-0.2, -0.15) is 0 Å². The van der Waals surface area contributed by atoms with Gasteiger partial charge in [0.25, 0.3) is 0 Å². The van der Waals surface area contributed by atoms with Crippen molar-refractivity contribution in [1.29, 1.82) is 0 Å². The average molecular weight is 172 g/mol. The van der Waals surface area contributed by atoms with Crippen LogP contribution in [0.2, 0.25) is 0 Å². The highest BCUT2D eigenvalue weighted by Crippen LogP contribution is 2.26. The van der Waals surface area contributed by atoms with Crippen molar-refractivity contribution in [3.8, 4) is 0 Å². The third-order valence-electron chi connectivity index (χ3n) is 2.88. The molecule has 0 radical (unpaired) electrons. The number of hydrogen-bond donors (Lipinski definition) is 0. The van der Waals surface area contributed by atoms with Gasteiger partial charge < -0.3 is 4.74 Å². The Bertz CT molecular complexity index is 108. The van der Waals surface area contributed by atoms with Crippen LogP contribution in [-0.2, 0) is 4.74 Å². The van der Waals surface area contributed by atoms with Gasteiger partial charge in [-0.05, 0) is 25.2 Å². The zero-order chi connectivity index (χ0) is 9.61. The summed E-state index contributed by atoms with van der Waals surface area (Å²) in [6, 6.07) is 0. The van der Waals surface area contributed by atoms with Crippen LogP contribution < -0.4 is 0 Å². The Kier molecular flexibility index (Phi) is 5.56. The van der Waals surface area contributed by atoms with E-state index in [-0.39, 0.29) is 0 Å². The zero-order valence-electron chi connectivity index (χ0n) is 9.31. The van der Waals surface area contributed by atoms with Crippen LogP contribution in [0.1, 0.15) is 53.9 Å². The first-order valence-electron chi connectivity index (χ1n) is 5.16. The molecule has 0 bridgehead atoms. The van der Waals surface area contributed by atoms with E-state index in [4.69, 9.17) is 4.74 Å². The summed E-state index contributed by atoms with van der Waals surface area (Å²) in [5.41, 5.74) is 0.327. The predicted molar refractivity (Wildman–Crippen MR) is 54.4 cm³/mol. The minimum atomic E-state index is 0.327. The largest absolute Gasteiger partial charge is 0.378 e. The monoisotopic (exact) mass is 172 g/mol. The fourth-order valence-electron chi connectivity index (χ4n) is 0.917. The standard InChI is InChI=1S/C11H24O/c1-6-8-9-12-10(3)11(4,5)7-2/h10H,6-9H2,1-5H3. The molecule has 0 aromatic heterocycles. The Balaban J connectivity index is 3.63. The van der Waals surface area contributed by atoms with Crippen molar-refractivity contribution in [3.05, 3.63) is 0 Å². The quantitative estimate of drug-likeness (QED) is 0.556. The third-order valence-corrected chi connectivity index (χ3v) is 2.88. The lowest BCUT2D eigenvalue weighted by Gasteiger charge is -2.30. The molecule has 1 unspecified atom stereocenters. The maximum Gasteiger partial charge on any atom is 0.0597 e. The SMILES string of the molecule is CCCCOC(C)C(C)(C)CC. The summed E-state index contributed by atoms with van der Waals surface area (Å²) in [5.74, 6) is 0. The molecule has 0 aliphatic heterocycles. The molecule has 12 heavy (non-hydrogen) atoms. The summed E-state index contributed by atoms with van der Waals surface area (Å²) in [6.45, 7) is 12.0. The van der Waals surface area contributed by atoms with Crippen molar-refractivity contribution >= 4 is 0 Å². The lowest BCUT2D eigenvalue weighted by molar-refractivity contribution is -0.0158. The van der Waals surface area contributed by atoms with Gasteiger partial charge in [-0.25, -0.2) is 0 Å². The maximum absolute atomic E-state index is 5.74. The Morgan fingerprint density at radius 2 is 1.83 bits per heavy atom. The van der Waals surface area contributed by atoms with Gasteiger partial charge in [-0.15, -0.1) is 0 Å². The van der Waals surface area contributed by atoms with Gasteiger partial charge in [0, 0.05) is 6.61 Å². The molecule has 74 valence electrons. The number of ether oxygens (including phenoxy) is 1. The lowest BCUT2D eigenvalue weighted by atomic mass is 9.85. The van der Waals surface area contributed by atoms with Crippen LogP contribution in [0.25, 0.3) is 0 Å². The smallest absolute Gasteiger partial charge is 0.0597 e. The van der Waals surface area contributed by atoms with Crippen molar-refractivity contribution in [2.75, 3.05) is 6.61 Å². The first-order chi connectivity index (χ1) is 5.54.